The van der Waals surface area contributed by atoms with Crippen molar-refractivity contribution in [1.82, 2.24) is 5.32 Å². The molecule has 3 nitrogen and oxygen atoms in total. The fourth-order valence-corrected chi connectivity index (χ4v) is 2.41. The molecule has 1 aliphatic rings. The van der Waals surface area contributed by atoms with E-state index in [9.17, 15) is 14.0 Å². The molecule has 1 aromatic rings. The fraction of sp³-hybridized carbons (Fsp3) is 0.467. The maximum atomic E-state index is 12.8. The van der Waals surface area contributed by atoms with Crippen LogP contribution in [0.25, 0.3) is 0 Å². The van der Waals surface area contributed by atoms with E-state index in [0.717, 1.165) is 25.7 Å². The summed E-state index contributed by atoms with van der Waals surface area (Å²) in [6.45, 7) is 0. The molecule has 1 fully saturated rings. The molecule has 0 unspecified atom stereocenters. The highest BCUT2D eigenvalue weighted by molar-refractivity contribution is 6.42. The first-order chi connectivity index (χ1) is 9.16. The second-order valence-corrected chi connectivity index (χ2v) is 5.00. The summed E-state index contributed by atoms with van der Waals surface area (Å²) in [5, 5.41) is 2.79. The zero-order valence-electron chi connectivity index (χ0n) is 10.8. The lowest BCUT2D eigenvalue weighted by Crippen LogP contribution is -2.39. The molecule has 0 atom stereocenters. The van der Waals surface area contributed by atoms with Crippen LogP contribution in [0.2, 0.25) is 0 Å². The molecule has 1 N–H and O–H groups in total. The topological polar surface area (TPSA) is 46.2 Å². The van der Waals surface area contributed by atoms with Crippen molar-refractivity contribution in [3.05, 3.63) is 35.6 Å². The molecule has 0 saturated heterocycles. The van der Waals surface area contributed by atoms with Crippen LogP contribution in [-0.4, -0.2) is 17.7 Å². The number of ketones is 1. The van der Waals surface area contributed by atoms with E-state index in [1.165, 1.54) is 37.1 Å². The van der Waals surface area contributed by atoms with E-state index in [2.05, 4.69) is 5.32 Å². The van der Waals surface area contributed by atoms with Gasteiger partial charge in [0.25, 0.3) is 5.91 Å². The van der Waals surface area contributed by atoms with Crippen molar-refractivity contribution in [1.29, 1.82) is 0 Å². The minimum atomic E-state index is -0.593. The Morgan fingerprint density at radius 3 is 2.16 bits per heavy atom. The van der Waals surface area contributed by atoms with Gasteiger partial charge in [0, 0.05) is 11.6 Å². The Labute approximate surface area is 112 Å². The van der Waals surface area contributed by atoms with Crippen molar-refractivity contribution in [2.45, 2.75) is 44.6 Å². The number of hydrogen-bond acceptors (Lipinski definition) is 2. The maximum absolute atomic E-state index is 12.8. The zero-order valence-corrected chi connectivity index (χ0v) is 10.8. The molecule has 0 aliphatic heterocycles. The Balaban J connectivity index is 1.95. The van der Waals surface area contributed by atoms with Crippen molar-refractivity contribution in [2.75, 3.05) is 0 Å². The molecule has 1 aliphatic carbocycles. The Kier molecular flexibility index (Phi) is 4.66. The molecule has 0 heterocycles. The average molecular weight is 263 g/mol. The van der Waals surface area contributed by atoms with Gasteiger partial charge in [0.15, 0.2) is 0 Å². The molecule has 0 bridgehead atoms. The normalized spacial score (nSPS) is 16.7. The monoisotopic (exact) mass is 263 g/mol. The predicted octanol–water partition coefficient (Wildman–Crippen LogP) is 2.85. The molecular formula is C15H18FNO2. The lowest BCUT2D eigenvalue weighted by molar-refractivity contribution is -0.117. The summed E-state index contributed by atoms with van der Waals surface area (Å²) < 4.78 is 12.8. The number of carbonyl (C=O) groups excluding carboxylic acids is 2. The molecule has 0 spiro atoms. The van der Waals surface area contributed by atoms with Gasteiger partial charge in [-0.25, -0.2) is 4.39 Å². The van der Waals surface area contributed by atoms with E-state index in [4.69, 9.17) is 0 Å². The van der Waals surface area contributed by atoms with Gasteiger partial charge in [-0.3, -0.25) is 9.59 Å². The number of hydrogen-bond donors (Lipinski definition) is 1. The van der Waals surface area contributed by atoms with Crippen molar-refractivity contribution in [3.8, 4) is 0 Å². The van der Waals surface area contributed by atoms with Gasteiger partial charge >= 0.3 is 0 Å². The number of halogens is 1. The van der Waals surface area contributed by atoms with Crippen LogP contribution in [0.15, 0.2) is 24.3 Å². The third-order valence-electron chi connectivity index (χ3n) is 3.50. The van der Waals surface area contributed by atoms with Crippen LogP contribution in [0.3, 0.4) is 0 Å². The highest BCUT2D eigenvalue weighted by Crippen LogP contribution is 2.17. The zero-order chi connectivity index (χ0) is 13.7. The quantitative estimate of drug-likeness (QED) is 0.518. The second-order valence-electron chi connectivity index (χ2n) is 5.00. The molecule has 19 heavy (non-hydrogen) atoms. The largest absolute Gasteiger partial charge is 0.346 e. The van der Waals surface area contributed by atoms with Gasteiger partial charge in [-0.05, 0) is 37.1 Å². The van der Waals surface area contributed by atoms with Crippen LogP contribution in [-0.2, 0) is 4.79 Å². The molecule has 1 amide bonds. The average Bonchev–Trinajstić information content (AvgIpc) is 2.67. The van der Waals surface area contributed by atoms with Crippen molar-refractivity contribution in [2.24, 2.45) is 0 Å². The highest BCUT2D eigenvalue weighted by Gasteiger charge is 2.20. The summed E-state index contributed by atoms with van der Waals surface area (Å²) in [4.78, 5) is 23.7. The highest BCUT2D eigenvalue weighted by atomic mass is 19.1. The van der Waals surface area contributed by atoms with Crippen LogP contribution in [0, 0.1) is 5.82 Å². The lowest BCUT2D eigenvalue weighted by Gasteiger charge is -2.15. The Hall–Kier alpha value is -1.71. The van der Waals surface area contributed by atoms with Crippen LogP contribution in [0.1, 0.15) is 48.9 Å². The van der Waals surface area contributed by atoms with E-state index >= 15 is 0 Å². The van der Waals surface area contributed by atoms with Crippen molar-refractivity contribution >= 4 is 11.7 Å². The van der Waals surface area contributed by atoms with E-state index < -0.39 is 17.5 Å². The molecule has 2 rings (SSSR count). The van der Waals surface area contributed by atoms with Gasteiger partial charge in [0.2, 0.25) is 5.78 Å². The number of Topliss-reactive ketones (excluding diaryl/α,β-unsaturated/α-hetero) is 1. The lowest BCUT2D eigenvalue weighted by atomic mass is 10.1. The number of amides is 1. The Morgan fingerprint density at radius 1 is 1.00 bits per heavy atom. The Morgan fingerprint density at radius 2 is 1.58 bits per heavy atom. The fourth-order valence-electron chi connectivity index (χ4n) is 2.41. The van der Waals surface area contributed by atoms with Gasteiger partial charge in [-0.2, -0.15) is 0 Å². The van der Waals surface area contributed by atoms with Crippen LogP contribution in [0.5, 0.6) is 0 Å². The molecule has 0 aromatic heterocycles. The van der Waals surface area contributed by atoms with Crippen molar-refractivity contribution < 1.29 is 14.0 Å². The first-order valence-corrected chi connectivity index (χ1v) is 6.77. The molecule has 4 heteroatoms. The van der Waals surface area contributed by atoms with Gasteiger partial charge < -0.3 is 5.32 Å². The Bertz CT molecular complexity index is 448. The molecule has 102 valence electrons. The third-order valence-corrected chi connectivity index (χ3v) is 3.50. The van der Waals surface area contributed by atoms with Crippen LogP contribution in [0.4, 0.5) is 4.39 Å². The molecule has 0 radical (unpaired) electrons. The van der Waals surface area contributed by atoms with Crippen LogP contribution >= 0.6 is 0 Å². The van der Waals surface area contributed by atoms with Gasteiger partial charge in [-0.1, -0.05) is 25.7 Å². The van der Waals surface area contributed by atoms with Gasteiger partial charge in [0.05, 0.1) is 0 Å². The molecule has 1 saturated carbocycles. The smallest absolute Gasteiger partial charge is 0.292 e. The van der Waals surface area contributed by atoms with Gasteiger partial charge in [0.1, 0.15) is 5.82 Å². The summed E-state index contributed by atoms with van der Waals surface area (Å²) in [6, 6.07) is 5.15. The predicted molar refractivity (Wildman–Crippen MR) is 70.4 cm³/mol. The molecular weight excluding hydrogens is 245 g/mol. The minimum Gasteiger partial charge on any atom is -0.346 e. The summed E-state index contributed by atoms with van der Waals surface area (Å²) in [5.74, 6) is -1.59. The number of carbonyl (C=O) groups is 2. The third kappa shape index (κ3) is 3.88. The first kappa shape index (κ1) is 13.7. The first-order valence-electron chi connectivity index (χ1n) is 6.77. The summed E-state index contributed by atoms with van der Waals surface area (Å²) in [7, 11) is 0. The van der Waals surface area contributed by atoms with Crippen molar-refractivity contribution in [3.63, 3.8) is 0 Å². The van der Waals surface area contributed by atoms with E-state index in [1.54, 1.807) is 0 Å². The minimum absolute atomic E-state index is 0.0967. The summed E-state index contributed by atoms with van der Waals surface area (Å²) in [6.07, 6.45) is 6.44. The van der Waals surface area contributed by atoms with E-state index in [-0.39, 0.29) is 11.6 Å². The SMILES string of the molecule is O=C(NC1CCCCCC1)C(=O)c1ccc(F)cc1. The van der Waals surface area contributed by atoms with Gasteiger partial charge in [-0.15, -0.1) is 0 Å². The summed E-state index contributed by atoms with van der Waals surface area (Å²) in [5.41, 5.74) is 0.229. The summed E-state index contributed by atoms with van der Waals surface area (Å²) >= 11 is 0. The second kappa shape index (κ2) is 6.45. The van der Waals surface area contributed by atoms with Crippen LogP contribution < -0.4 is 5.32 Å². The van der Waals surface area contributed by atoms with E-state index in [0.29, 0.717) is 0 Å². The number of nitrogens with one attached hydrogen (secondary N) is 1. The molecule has 1 aromatic carbocycles. The number of rotatable bonds is 3. The maximum Gasteiger partial charge on any atom is 0.292 e. The van der Waals surface area contributed by atoms with E-state index in [1.807, 2.05) is 0 Å². The standard InChI is InChI=1S/C15H18FNO2/c16-12-9-7-11(8-10-12)14(18)15(19)17-13-5-3-1-2-4-6-13/h7-10,13H,1-6H2,(H,17,19). The number of benzene rings is 1.